The number of carbonyl (C=O) groups excluding carboxylic acids is 1. The van der Waals surface area contributed by atoms with Crippen molar-refractivity contribution in [1.29, 1.82) is 0 Å². The number of rotatable bonds is 2. The van der Waals surface area contributed by atoms with Gasteiger partial charge in [0.2, 0.25) is 0 Å². The van der Waals surface area contributed by atoms with Crippen LogP contribution in [0.15, 0.2) is 36.4 Å². The summed E-state index contributed by atoms with van der Waals surface area (Å²) in [5.41, 5.74) is 1.14. The van der Waals surface area contributed by atoms with Crippen molar-refractivity contribution in [2.75, 3.05) is 7.11 Å². The van der Waals surface area contributed by atoms with E-state index in [1.165, 1.54) is 19.2 Å². The van der Waals surface area contributed by atoms with Crippen LogP contribution in [0.1, 0.15) is 27.6 Å². The van der Waals surface area contributed by atoms with Gasteiger partial charge in [-0.25, -0.2) is 4.79 Å². The minimum Gasteiger partial charge on any atom is -0.465 e. The molecule has 0 spiro atoms. The number of esters is 1. The molecule has 2 rings (SSSR count). The van der Waals surface area contributed by atoms with Crippen LogP contribution >= 0.6 is 34.8 Å². The highest BCUT2D eigenvalue weighted by atomic mass is 35.5. The van der Waals surface area contributed by atoms with Crippen molar-refractivity contribution >= 4 is 40.8 Å². The number of benzene rings is 2. The summed E-state index contributed by atoms with van der Waals surface area (Å²) in [6.07, 6.45) is -1.10. The maximum atomic E-state index is 11.6. The van der Waals surface area contributed by atoms with Gasteiger partial charge in [-0.15, -0.1) is 0 Å². The number of carbonyl (C=O) groups is 1. The summed E-state index contributed by atoms with van der Waals surface area (Å²) in [7, 11) is 1.23. The second-order valence-electron chi connectivity index (χ2n) is 4.53. The lowest BCUT2D eigenvalue weighted by atomic mass is 10.1. The highest BCUT2D eigenvalue weighted by Gasteiger charge is 2.18. The van der Waals surface area contributed by atoms with Gasteiger partial charge in [-0.3, -0.25) is 0 Å². The molecule has 1 N–H and O–H groups in total. The first kappa shape index (κ1) is 17.7. The SMILES string of the molecule is COC(=O)c1c(Cl)cc(C(O)C#Cc2ccc(Cl)cc2)cc1Cl. The van der Waals surface area contributed by atoms with Crippen molar-refractivity contribution < 1.29 is 14.6 Å². The van der Waals surface area contributed by atoms with Gasteiger partial charge in [-0.1, -0.05) is 46.6 Å². The summed E-state index contributed by atoms with van der Waals surface area (Å²) in [6, 6.07) is 9.75. The van der Waals surface area contributed by atoms with Gasteiger partial charge in [0.1, 0.15) is 6.10 Å². The first-order valence-electron chi connectivity index (χ1n) is 6.45. The smallest absolute Gasteiger partial charge is 0.340 e. The molecule has 0 amide bonds. The van der Waals surface area contributed by atoms with Gasteiger partial charge in [0.15, 0.2) is 0 Å². The van der Waals surface area contributed by atoms with Crippen molar-refractivity contribution in [2.24, 2.45) is 0 Å². The minimum atomic E-state index is -1.10. The molecule has 0 radical (unpaired) electrons. The van der Waals surface area contributed by atoms with Crippen molar-refractivity contribution in [3.05, 3.63) is 68.2 Å². The van der Waals surface area contributed by atoms with E-state index in [9.17, 15) is 9.90 Å². The Morgan fingerprint density at radius 2 is 1.70 bits per heavy atom. The Balaban J connectivity index is 2.29. The fourth-order valence-electron chi connectivity index (χ4n) is 1.82. The van der Waals surface area contributed by atoms with E-state index in [0.29, 0.717) is 16.1 Å². The Bertz CT molecular complexity index is 766. The summed E-state index contributed by atoms with van der Waals surface area (Å²) in [5, 5.41) is 10.9. The molecule has 6 heteroatoms. The quantitative estimate of drug-likeness (QED) is 0.625. The van der Waals surface area contributed by atoms with E-state index in [4.69, 9.17) is 34.8 Å². The molecular weight excluding hydrogens is 359 g/mol. The summed E-state index contributed by atoms with van der Waals surface area (Å²) in [4.78, 5) is 11.6. The lowest BCUT2D eigenvalue weighted by Crippen LogP contribution is -2.05. The molecule has 0 bridgehead atoms. The molecule has 118 valence electrons. The number of methoxy groups -OCH3 is 1. The zero-order valence-electron chi connectivity index (χ0n) is 11.9. The highest BCUT2D eigenvalue weighted by Crippen LogP contribution is 2.29. The monoisotopic (exact) mass is 368 g/mol. The van der Waals surface area contributed by atoms with Gasteiger partial charge in [0.25, 0.3) is 0 Å². The average molecular weight is 370 g/mol. The van der Waals surface area contributed by atoms with E-state index >= 15 is 0 Å². The van der Waals surface area contributed by atoms with Gasteiger partial charge >= 0.3 is 5.97 Å². The van der Waals surface area contributed by atoms with E-state index in [-0.39, 0.29) is 15.6 Å². The first-order chi connectivity index (χ1) is 10.9. The van der Waals surface area contributed by atoms with E-state index in [1.807, 2.05) is 0 Å². The van der Waals surface area contributed by atoms with Crippen LogP contribution in [0.5, 0.6) is 0 Å². The largest absolute Gasteiger partial charge is 0.465 e. The normalized spacial score (nSPS) is 11.3. The zero-order chi connectivity index (χ0) is 17.0. The molecule has 23 heavy (non-hydrogen) atoms. The average Bonchev–Trinajstić information content (AvgIpc) is 2.53. The standard InChI is InChI=1S/C17H11Cl3O3/c1-23-17(22)16-13(19)8-11(9-14(16)20)15(21)7-4-10-2-5-12(18)6-3-10/h2-3,5-6,8-9,15,21H,1H3. The predicted octanol–water partition coefficient (Wildman–Crippen LogP) is 4.52. The lowest BCUT2D eigenvalue weighted by molar-refractivity contribution is 0.0601. The lowest BCUT2D eigenvalue weighted by Gasteiger charge is -2.09. The van der Waals surface area contributed by atoms with Crippen LogP contribution < -0.4 is 0 Å². The first-order valence-corrected chi connectivity index (χ1v) is 7.58. The van der Waals surface area contributed by atoms with E-state index in [2.05, 4.69) is 16.6 Å². The predicted molar refractivity (Wildman–Crippen MR) is 91.1 cm³/mol. The molecule has 1 atom stereocenters. The van der Waals surface area contributed by atoms with Gasteiger partial charge in [-0.2, -0.15) is 0 Å². The van der Waals surface area contributed by atoms with Gasteiger partial charge in [-0.05, 0) is 42.0 Å². The van der Waals surface area contributed by atoms with Gasteiger partial charge < -0.3 is 9.84 Å². The van der Waals surface area contributed by atoms with Crippen molar-refractivity contribution in [1.82, 2.24) is 0 Å². The topological polar surface area (TPSA) is 46.5 Å². The number of halogens is 3. The van der Waals surface area contributed by atoms with Crippen LogP contribution in [0.25, 0.3) is 0 Å². The van der Waals surface area contributed by atoms with E-state index in [0.717, 1.165) is 0 Å². The third-order valence-corrected chi connectivity index (χ3v) is 3.82. The van der Waals surface area contributed by atoms with Crippen LogP contribution in [0, 0.1) is 11.8 Å². The number of aliphatic hydroxyl groups is 1. The van der Waals surface area contributed by atoms with Gasteiger partial charge in [0.05, 0.1) is 22.7 Å². The molecule has 0 aliphatic rings. The molecule has 0 aliphatic carbocycles. The second kappa shape index (κ2) is 7.72. The molecule has 0 heterocycles. The summed E-state index contributed by atoms with van der Waals surface area (Å²) >= 11 is 17.8. The van der Waals surface area contributed by atoms with Crippen LogP contribution in [-0.4, -0.2) is 18.2 Å². The molecule has 0 saturated carbocycles. The second-order valence-corrected chi connectivity index (χ2v) is 5.78. The fourth-order valence-corrected chi connectivity index (χ4v) is 2.60. The van der Waals surface area contributed by atoms with E-state index in [1.54, 1.807) is 24.3 Å². The third kappa shape index (κ3) is 4.40. The zero-order valence-corrected chi connectivity index (χ0v) is 14.2. The summed E-state index contributed by atoms with van der Waals surface area (Å²) in [6.45, 7) is 0. The maximum absolute atomic E-state index is 11.6. The molecule has 1 unspecified atom stereocenters. The summed E-state index contributed by atoms with van der Waals surface area (Å²) < 4.78 is 4.60. The van der Waals surface area contributed by atoms with Crippen LogP contribution in [0.4, 0.5) is 0 Å². The maximum Gasteiger partial charge on any atom is 0.340 e. The Morgan fingerprint density at radius 3 is 2.22 bits per heavy atom. The van der Waals surface area contributed by atoms with Crippen molar-refractivity contribution in [2.45, 2.75) is 6.10 Å². The van der Waals surface area contributed by atoms with Crippen molar-refractivity contribution in [3.8, 4) is 11.8 Å². The molecule has 0 aromatic heterocycles. The van der Waals surface area contributed by atoms with Gasteiger partial charge in [0, 0.05) is 10.6 Å². The van der Waals surface area contributed by atoms with Crippen LogP contribution in [-0.2, 0) is 4.74 Å². The highest BCUT2D eigenvalue weighted by molar-refractivity contribution is 6.39. The minimum absolute atomic E-state index is 0.0532. The molecule has 0 saturated heterocycles. The Morgan fingerprint density at radius 1 is 1.13 bits per heavy atom. The fraction of sp³-hybridized carbons (Fsp3) is 0.118. The van der Waals surface area contributed by atoms with Crippen LogP contribution in [0.3, 0.4) is 0 Å². The Hall–Kier alpha value is -1.70. The molecular formula is C17H11Cl3O3. The van der Waals surface area contributed by atoms with E-state index < -0.39 is 12.1 Å². The molecule has 3 nitrogen and oxygen atoms in total. The van der Waals surface area contributed by atoms with Crippen molar-refractivity contribution in [3.63, 3.8) is 0 Å². The molecule has 0 fully saturated rings. The van der Waals surface area contributed by atoms with Crippen LogP contribution in [0.2, 0.25) is 15.1 Å². The molecule has 2 aromatic rings. The number of ether oxygens (including phenoxy) is 1. The summed E-state index contributed by atoms with van der Waals surface area (Å²) in [5.74, 6) is 4.86. The molecule has 2 aromatic carbocycles. The number of aliphatic hydroxyl groups excluding tert-OH is 1. The number of hydrogen-bond donors (Lipinski definition) is 1. The third-order valence-electron chi connectivity index (χ3n) is 2.97. The Labute approximate surface area is 148 Å². The Kier molecular flexibility index (Phi) is 5.92. The number of hydrogen-bond acceptors (Lipinski definition) is 3. The molecule has 0 aliphatic heterocycles.